The summed E-state index contributed by atoms with van der Waals surface area (Å²) < 4.78 is 16.0. The van der Waals surface area contributed by atoms with Crippen LogP contribution < -0.4 is 10.2 Å². The van der Waals surface area contributed by atoms with Gasteiger partial charge in [-0.2, -0.15) is 0 Å². The molecule has 4 rings (SSSR count). The van der Waals surface area contributed by atoms with Crippen LogP contribution in [-0.4, -0.2) is 33.3 Å². The van der Waals surface area contributed by atoms with E-state index < -0.39 is 0 Å². The van der Waals surface area contributed by atoms with Crippen molar-refractivity contribution in [1.82, 2.24) is 20.1 Å². The maximum absolute atomic E-state index is 13.9. The van der Waals surface area contributed by atoms with Crippen LogP contribution in [0, 0.1) is 5.82 Å². The highest BCUT2D eigenvalue weighted by molar-refractivity contribution is 5.99. The Morgan fingerprint density at radius 1 is 1.21 bits per heavy atom. The van der Waals surface area contributed by atoms with E-state index >= 15 is 0 Å². The molecule has 1 N–H and O–H groups in total. The third-order valence-electron chi connectivity index (χ3n) is 4.79. The SMILES string of the molecule is O=C1[C@@H](NCc2nnc3n2CCCC3)CCN1c1ccccc1F. The summed E-state index contributed by atoms with van der Waals surface area (Å²) in [5.41, 5.74) is 0.353. The van der Waals surface area contributed by atoms with E-state index in [-0.39, 0.29) is 17.8 Å². The maximum atomic E-state index is 13.9. The molecule has 0 bridgehead atoms. The average Bonchev–Trinajstić information content (AvgIpc) is 3.17. The number of hydrogen-bond acceptors (Lipinski definition) is 4. The Morgan fingerprint density at radius 3 is 2.96 bits per heavy atom. The molecule has 1 fully saturated rings. The average molecular weight is 329 g/mol. The molecular formula is C17H20FN5O. The first-order valence-corrected chi connectivity index (χ1v) is 8.44. The largest absolute Gasteiger partial charge is 0.314 e. The molecule has 6 nitrogen and oxygen atoms in total. The minimum absolute atomic E-state index is 0.0847. The molecule has 2 aliphatic heterocycles. The standard InChI is InChI=1S/C17H20FN5O/c18-12-5-1-2-6-14(12)22-10-8-13(17(22)24)19-11-16-21-20-15-7-3-4-9-23(15)16/h1-2,5-6,13,19H,3-4,7-11H2/t13-/m0/s1. The van der Waals surface area contributed by atoms with E-state index in [1.54, 1.807) is 18.2 Å². The van der Waals surface area contributed by atoms with E-state index in [9.17, 15) is 9.18 Å². The Labute approximate surface area is 139 Å². The third-order valence-corrected chi connectivity index (χ3v) is 4.79. The van der Waals surface area contributed by atoms with Gasteiger partial charge in [-0.15, -0.1) is 10.2 Å². The van der Waals surface area contributed by atoms with Crippen LogP contribution in [0.15, 0.2) is 24.3 Å². The fourth-order valence-electron chi connectivity index (χ4n) is 3.49. The molecule has 1 aromatic heterocycles. The van der Waals surface area contributed by atoms with Crippen LogP contribution in [0.4, 0.5) is 10.1 Å². The summed E-state index contributed by atoms with van der Waals surface area (Å²) in [6.07, 6.45) is 3.93. The second kappa shape index (κ2) is 6.32. The van der Waals surface area contributed by atoms with E-state index in [0.29, 0.717) is 25.2 Å². The predicted molar refractivity (Wildman–Crippen MR) is 87.0 cm³/mol. The summed E-state index contributed by atoms with van der Waals surface area (Å²) in [5.74, 6) is 1.46. The van der Waals surface area contributed by atoms with Crippen LogP contribution >= 0.6 is 0 Å². The number of anilines is 1. The Morgan fingerprint density at radius 2 is 2.08 bits per heavy atom. The second-order valence-corrected chi connectivity index (χ2v) is 6.30. The van der Waals surface area contributed by atoms with Crippen LogP contribution in [0.5, 0.6) is 0 Å². The van der Waals surface area contributed by atoms with Gasteiger partial charge in [0.1, 0.15) is 17.5 Å². The smallest absolute Gasteiger partial charge is 0.244 e. The van der Waals surface area contributed by atoms with Crippen molar-refractivity contribution >= 4 is 11.6 Å². The Hall–Kier alpha value is -2.28. The van der Waals surface area contributed by atoms with Crippen molar-refractivity contribution in [2.45, 2.75) is 44.8 Å². The lowest BCUT2D eigenvalue weighted by atomic mass is 10.1. The fraction of sp³-hybridized carbons (Fsp3) is 0.471. The molecule has 0 spiro atoms. The maximum Gasteiger partial charge on any atom is 0.244 e. The zero-order valence-electron chi connectivity index (χ0n) is 13.4. The number of nitrogens with zero attached hydrogens (tertiary/aromatic N) is 4. The van der Waals surface area contributed by atoms with Crippen molar-refractivity contribution in [3.63, 3.8) is 0 Å². The molecule has 0 unspecified atom stereocenters. The number of nitrogens with one attached hydrogen (secondary N) is 1. The van der Waals surface area contributed by atoms with Crippen molar-refractivity contribution in [2.75, 3.05) is 11.4 Å². The summed E-state index contributed by atoms with van der Waals surface area (Å²) in [6, 6.07) is 6.09. The summed E-state index contributed by atoms with van der Waals surface area (Å²) in [5, 5.41) is 11.7. The van der Waals surface area contributed by atoms with Gasteiger partial charge in [0, 0.05) is 19.5 Å². The van der Waals surface area contributed by atoms with E-state index in [1.165, 1.54) is 11.0 Å². The Kier molecular flexibility index (Phi) is 4.02. The van der Waals surface area contributed by atoms with Gasteiger partial charge in [0.2, 0.25) is 5.91 Å². The van der Waals surface area contributed by atoms with Gasteiger partial charge in [0.05, 0.1) is 18.3 Å². The molecule has 2 aliphatic rings. The Balaban J connectivity index is 1.42. The summed E-state index contributed by atoms with van der Waals surface area (Å²) >= 11 is 0. The monoisotopic (exact) mass is 329 g/mol. The van der Waals surface area contributed by atoms with Gasteiger partial charge in [-0.3, -0.25) is 10.1 Å². The van der Waals surface area contributed by atoms with Crippen LogP contribution in [0.1, 0.15) is 30.9 Å². The van der Waals surface area contributed by atoms with Crippen LogP contribution in [0.25, 0.3) is 0 Å². The van der Waals surface area contributed by atoms with E-state index in [0.717, 1.165) is 37.5 Å². The summed E-state index contributed by atoms with van der Waals surface area (Å²) in [4.78, 5) is 14.1. The minimum atomic E-state index is -0.363. The molecular weight excluding hydrogens is 309 g/mol. The number of halogens is 1. The number of fused-ring (bicyclic) bond motifs is 1. The van der Waals surface area contributed by atoms with E-state index in [1.807, 2.05) is 0 Å². The zero-order valence-corrected chi connectivity index (χ0v) is 13.4. The molecule has 2 aromatic rings. The molecule has 126 valence electrons. The first-order chi connectivity index (χ1) is 11.7. The lowest BCUT2D eigenvalue weighted by Crippen LogP contribution is -2.38. The first-order valence-electron chi connectivity index (χ1n) is 8.44. The van der Waals surface area contributed by atoms with Gasteiger partial charge in [-0.25, -0.2) is 4.39 Å². The molecule has 0 saturated carbocycles. The number of rotatable bonds is 4. The van der Waals surface area contributed by atoms with Gasteiger partial charge in [0.25, 0.3) is 0 Å². The number of aryl methyl sites for hydroxylation is 1. The Bertz CT molecular complexity index is 759. The number of para-hydroxylation sites is 1. The molecule has 0 radical (unpaired) electrons. The van der Waals surface area contributed by atoms with Crippen molar-refractivity contribution in [1.29, 1.82) is 0 Å². The first kappa shape index (κ1) is 15.3. The predicted octanol–water partition coefficient (Wildman–Crippen LogP) is 1.65. The van der Waals surface area contributed by atoms with E-state index in [4.69, 9.17) is 0 Å². The molecule has 1 atom stereocenters. The number of hydrogen-bond donors (Lipinski definition) is 1. The molecule has 24 heavy (non-hydrogen) atoms. The van der Waals surface area contributed by atoms with Gasteiger partial charge < -0.3 is 9.47 Å². The summed E-state index contributed by atoms with van der Waals surface area (Å²) in [6.45, 7) is 1.98. The fourth-order valence-corrected chi connectivity index (χ4v) is 3.49. The molecule has 1 amide bonds. The highest BCUT2D eigenvalue weighted by atomic mass is 19.1. The van der Waals surface area contributed by atoms with Crippen molar-refractivity contribution in [3.05, 3.63) is 41.7 Å². The van der Waals surface area contributed by atoms with Gasteiger partial charge >= 0.3 is 0 Å². The topological polar surface area (TPSA) is 63.1 Å². The zero-order chi connectivity index (χ0) is 16.5. The molecule has 1 saturated heterocycles. The number of aromatic nitrogens is 3. The van der Waals surface area contributed by atoms with Crippen molar-refractivity contribution < 1.29 is 9.18 Å². The van der Waals surface area contributed by atoms with Crippen molar-refractivity contribution in [2.24, 2.45) is 0 Å². The molecule has 0 aliphatic carbocycles. The number of benzene rings is 1. The highest BCUT2D eigenvalue weighted by Gasteiger charge is 2.33. The number of amides is 1. The van der Waals surface area contributed by atoms with Crippen LogP contribution in [0.2, 0.25) is 0 Å². The van der Waals surface area contributed by atoms with Crippen molar-refractivity contribution in [3.8, 4) is 0 Å². The van der Waals surface area contributed by atoms with Gasteiger partial charge in [0.15, 0.2) is 0 Å². The normalized spacial score (nSPS) is 20.5. The quantitative estimate of drug-likeness (QED) is 0.926. The lowest BCUT2D eigenvalue weighted by molar-refractivity contribution is -0.118. The molecule has 7 heteroatoms. The number of carbonyl (C=O) groups is 1. The number of carbonyl (C=O) groups excluding carboxylic acids is 1. The summed E-state index contributed by atoms with van der Waals surface area (Å²) in [7, 11) is 0. The molecule has 3 heterocycles. The van der Waals surface area contributed by atoms with E-state index in [2.05, 4.69) is 20.1 Å². The van der Waals surface area contributed by atoms with Gasteiger partial charge in [-0.1, -0.05) is 12.1 Å². The highest BCUT2D eigenvalue weighted by Crippen LogP contribution is 2.24. The van der Waals surface area contributed by atoms with Crippen LogP contribution in [-0.2, 0) is 24.3 Å². The third kappa shape index (κ3) is 2.69. The van der Waals surface area contributed by atoms with Crippen LogP contribution in [0.3, 0.4) is 0 Å². The lowest BCUT2D eigenvalue weighted by Gasteiger charge is -2.18. The minimum Gasteiger partial charge on any atom is -0.314 e. The van der Waals surface area contributed by atoms with Gasteiger partial charge in [-0.05, 0) is 31.4 Å². The second-order valence-electron chi connectivity index (χ2n) is 6.30. The molecule has 1 aromatic carbocycles.